The van der Waals surface area contributed by atoms with Crippen LogP contribution in [0.2, 0.25) is 0 Å². The molecule has 2 rings (SSSR count). The third kappa shape index (κ3) is 0.951. The molecular formula is C9H11NO3. The highest BCUT2D eigenvalue weighted by Gasteiger charge is 2.54. The van der Waals surface area contributed by atoms with Gasteiger partial charge in [-0.1, -0.05) is 12.2 Å². The quantitative estimate of drug-likeness (QED) is 0.427. The molecule has 0 aromatic heterocycles. The maximum absolute atomic E-state index is 11.4. The van der Waals surface area contributed by atoms with Crippen LogP contribution in [0.5, 0.6) is 0 Å². The van der Waals surface area contributed by atoms with Crippen LogP contribution in [0.4, 0.5) is 0 Å². The molecule has 0 aromatic rings. The number of hydrogen-bond acceptors (Lipinski definition) is 3. The predicted molar refractivity (Wildman–Crippen MR) is 44.5 cm³/mol. The molecule has 2 N–H and O–H groups in total. The van der Waals surface area contributed by atoms with E-state index in [0.29, 0.717) is 12.8 Å². The van der Waals surface area contributed by atoms with Crippen LogP contribution in [0.15, 0.2) is 12.2 Å². The van der Waals surface area contributed by atoms with E-state index in [9.17, 15) is 14.7 Å². The Morgan fingerprint density at radius 1 is 1.54 bits per heavy atom. The molecule has 2 atom stereocenters. The Hall–Kier alpha value is -1.16. The molecule has 4 nitrogen and oxygen atoms in total. The van der Waals surface area contributed by atoms with Crippen LogP contribution in [-0.2, 0) is 9.59 Å². The standard InChI is InChI=1S/C9H11NO3/c11-5-9-4-2-1-3-6(9)7(12)10-8(9)13/h1-2,6,11H,3-5H2,(H,10,12,13). The van der Waals surface area contributed by atoms with Crippen LogP contribution >= 0.6 is 0 Å². The first-order valence-corrected chi connectivity index (χ1v) is 4.32. The van der Waals surface area contributed by atoms with E-state index >= 15 is 0 Å². The summed E-state index contributed by atoms with van der Waals surface area (Å²) in [5.41, 5.74) is -0.869. The van der Waals surface area contributed by atoms with Crippen molar-refractivity contribution in [3.63, 3.8) is 0 Å². The average Bonchev–Trinajstić information content (AvgIpc) is 2.41. The van der Waals surface area contributed by atoms with Crippen molar-refractivity contribution >= 4 is 11.8 Å². The maximum Gasteiger partial charge on any atom is 0.236 e. The van der Waals surface area contributed by atoms with Crippen molar-refractivity contribution in [1.29, 1.82) is 0 Å². The average molecular weight is 181 g/mol. The molecule has 2 aliphatic rings. The van der Waals surface area contributed by atoms with E-state index in [0.717, 1.165) is 0 Å². The molecule has 0 saturated carbocycles. The predicted octanol–water partition coefficient (Wildman–Crippen LogP) is -0.412. The second-order valence-electron chi connectivity index (χ2n) is 3.60. The Balaban J connectivity index is 2.42. The first-order valence-electron chi connectivity index (χ1n) is 4.32. The Bertz CT molecular complexity index is 297. The molecule has 0 aromatic carbocycles. The van der Waals surface area contributed by atoms with Gasteiger partial charge in [0.25, 0.3) is 0 Å². The first kappa shape index (κ1) is 8.44. The summed E-state index contributed by atoms with van der Waals surface area (Å²) in [5.74, 6) is -0.937. The number of nitrogens with one attached hydrogen (secondary N) is 1. The van der Waals surface area contributed by atoms with E-state index in [2.05, 4.69) is 5.32 Å². The molecule has 70 valence electrons. The van der Waals surface area contributed by atoms with Crippen molar-refractivity contribution in [2.45, 2.75) is 12.8 Å². The second-order valence-corrected chi connectivity index (χ2v) is 3.60. The number of aliphatic hydroxyl groups is 1. The smallest absolute Gasteiger partial charge is 0.236 e. The van der Waals surface area contributed by atoms with E-state index < -0.39 is 5.41 Å². The number of carbonyl (C=O) groups excluding carboxylic acids is 2. The number of imide groups is 1. The summed E-state index contributed by atoms with van der Waals surface area (Å²) < 4.78 is 0. The first-order chi connectivity index (χ1) is 6.20. The van der Waals surface area contributed by atoms with Gasteiger partial charge in [0.05, 0.1) is 17.9 Å². The lowest BCUT2D eigenvalue weighted by Crippen LogP contribution is -2.39. The Labute approximate surface area is 75.6 Å². The topological polar surface area (TPSA) is 66.4 Å². The number of hydrogen-bond donors (Lipinski definition) is 2. The summed E-state index contributed by atoms with van der Waals surface area (Å²) in [7, 11) is 0. The monoisotopic (exact) mass is 181 g/mol. The Morgan fingerprint density at radius 3 is 2.92 bits per heavy atom. The van der Waals surface area contributed by atoms with Crippen molar-refractivity contribution in [2.75, 3.05) is 6.61 Å². The number of carbonyl (C=O) groups is 2. The van der Waals surface area contributed by atoms with Crippen LogP contribution in [0.3, 0.4) is 0 Å². The van der Waals surface area contributed by atoms with Crippen molar-refractivity contribution in [3.05, 3.63) is 12.2 Å². The van der Waals surface area contributed by atoms with Gasteiger partial charge in [-0.3, -0.25) is 14.9 Å². The molecule has 0 spiro atoms. The summed E-state index contributed by atoms with van der Waals surface area (Å²) in [4.78, 5) is 22.8. The summed E-state index contributed by atoms with van der Waals surface area (Å²) in [6, 6.07) is 0. The minimum absolute atomic E-state index is 0.247. The molecule has 0 radical (unpaired) electrons. The summed E-state index contributed by atoms with van der Waals surface area (Å²) in [6.07, 6.45) is 4.76. The summed E-state index contributed by atoms with van der Waals surface area (Å²) in [6.45, 7) is -0.250. The summed E-state index contributed by atoms with van der Waals surface area (Å²) in [5, 5.41) is 11.5. The van der Waals surface area contributed by atoms with Gasteiger partial charge in [0.15, 0.2) is 0 Å². The minimum Gasteiger partial charge on any atom is -0.395 e. The summed E-state index contributed by atoms with van der Waals surface area (Å²) >= 11 is 0. The molecule has 13 heavy (non-hydrogen) atoms. The van der Waals surface area contributed by atoms with E-state index in [1.807, 2.05) is 12.2 Å². The molecule has 0 bridgehead atoms. The minimum atomic E-state index is -0.869. The lowest BCUT2D eigenvalue weighted by atomic mass is 9.71. The Kier molecular flexibility index (Phi) is 1.73. The number of aliphatic hydroxyl groups excluding tert-OH is 1. The molecule has 1 saturated heterocycles. The molecule has 2 amide bonds. The van der Waals surface area contributed by atoms with Crippen molar-refractivity contribution in [3.8, 4) is 0 Å². The lowest BCUT2D eigenvalue weighted by molar-refractivity contribution is -0.131. The van der Waals surface area contributed by atoms with Crippen LogP contribution < -0.4 is 5.32 Å². The van der Waals surface area contributed by atoms with Gasteiger partial charge >= 0.3 is 0 Å². The normalized spacial score (nSPS) is 37.5. The molecule has 4 heteroatoms. The molecule has 2 unspecified atom stereocenters. The van der Waals surface area contributed by atoms with E-state index in [1.165, 1.54) is 0 Å². The number of allylic oxidation sites excluding steroid dienone is 2. The van der Waals surface area contributed by atoms with Gasteiger partial charge < -0.3 is 5.11 Å². The number of rotatable bonds is 1. The van der Waals surface area contributed by atoms with Crippen molar-refractivity contribution < 1.29 is 14.7 Å². The highest BCUT2D eigenvalue weighted by Crippen LogP contribution is 2.41. The van der Waals surface area contributed by atoms with Crippen molar-refractivity contribution in [2.24, 2.45) is 11.3 Å². The fourth-order valence-corrected chi connectivity index (χ4v) is 2.07. The zero-order valence-electron chi connectivity index (χ0n) is 7.12. The zero-order chi connectivity index (χ0) is 9.47. The maximum atomic E-state index is 11.4. The molecule has 1 fully saturated rings. The van der Waals surface area contributed by atoms with Crippen molar-refractivity contribution in [1.82, 2.24) is 5.32 Å². The van der Waals surface area contributed by atoms with Gasteiger partial charge in [0.1, 0.15) is 0 Å². The number of fused-ring (bicyclic) bond motifs is 1. The van der Waals surface area contributed by atoms with Gasteiger partial charge in [0, 0.05) is 0 Å². The SMILES string of the molecule is O=C1NC(=O)C2(CO)CC=CCC12. The van der Waals surface area contributed by atoms with Crippen LogP contribution in [0.1, 0.15) is 12.8 Å². The van der Waals surface area contributed by atoms with Gasteiger partial charge in [-0.05, 0) is 12.8 Å². The van der Waals surface area contributed by atoms with E-state index in [1.54, 1.807) is 0 Å². The highest BCUT2D eigenvalue weighted by molar-refractivity contribution is 6.07. The van der Waals surface area contributed by atoms with Gasteiger partial charge in [-0.25, -0.2) is 0 Å². The molecule has 1 heterocycles. The fourth-order valence-electron chi connectivity index (χ4n) is 2.07. The second kappa shape index (κ2) is 2.67. The number of amides is 2. The Morgan fingerprint density at radius 2 is 2.31 bits per heavy atom. The third-order valence-corrected chi connectivity index (χ3v) is 2.98. The molecule has 1 aliphatic heterocycles. The van der Waals surface area contributed by atoms with Gasteiger partial charge in [0.2, 0.25) is 11.8 Å². The molecule has 1 aliphatic carbocycles. The fraction of sp³-hybridized carbons (Fsp3) is 0.556. The lowest BCUT2D eigenvalue weighted by Gasteiger charge is -2.29. The van der Waals surface area contributed by atoms with Gasteiger partial charge in [-0.2, -0.15) is 0 Å². The highest BCUT2D eigenvalue weighted by atomic mass is 16.3. The molecular weight excluding hydrogens is 170 g/mol. The third-order valence-electron chi connectivity index (χ3n) is 2.98. The largest absolute Gasteiger partial charge is 0.395 e. The van der Waals surface area contributed by atoms with Crippen LogP contribution in [-0.4, -0.2) is 23.5 Å². The van der Waals surface area contributed by atoms with Crippen LogP contribution in [0.25, 0.3) is 0 Å². The van der Waals surface area contributed by atoms with Crippen LogP contribution in [0, 0.1) is 11.3 Å². The van der Waals surface area contributed by atoms with E-state index in [4.69, 9.17) is 0 Å². The van der Waals surface area contributed by atoms with Gasteiger partial charge in [-0.15, -0.1) is 0 Å². The zero-order valence-corrected chi connectivity index (χ0v) is 7.12. The van der Waals surface area contributed by atoms with E-state index in [-0.39, 0.29) is 24.3 Å².